The Morgan fingerprint density at radius 1 is 1.19 bits per heavy atom. The van der Waals surface area contributed by atoms with Crippen molar-refractivity contribution in [3.8, 4) is 28.5 Å². The highest BCUT2D eigenvalue weighted by Gasteiger charge is 2.24. The van der Waals surface area contributed by atoms with E-state index in [1.54, 1.807) is 42.3 Å². The first kappa shape index (κ1) is 23.9. The van der Waals surface area contributed by atoms with E-state index in [2.05, 4.69) is 15.4 Å². The predicted molar refractivity (Wildman–Crippen MR) is 131 cm³/mol. The van der Waals surface area contributed by atoms with Gasteiger partial charge >= 0.3 is 0 Å². The molecule has 5 rings (SSSR count). The number of rotatable bonds is 7. The standard InChI is InChI=1S/C24H24FN5O5S/c1-33-8-9-34-21-14-20-17(12-18(21)25)23(28-27-20)22-13-19(29-35-22)15-2-4-16(5-3-15)24(31)30-6-10-36(26,32)11-7-30/h2-5,12-14,26H,6-11H2,1H3,(H,27,28). The lowest BCUT2D eigenvalue weighted by Gasteiger charge is -2.28. The minimum absolute atomic E-state index is 0.0977. The molecule has 1 amide bonds. The Balaban J connectivity index is 1.33. The van der Waals surface area contributed by atoms with Crippen LogP contribution in [0.3, 0.4) is 0 Å². The van der Waals surface area contributed by atoms with Crippen molar-refractivity contribution in [2.45, 2.75) is 0 Å². The summed E-state index contributed by atoms with van der Waals surface area (Å²) in [4.78, 5) is 14.4. The van der Waals surface area contributed by atoms with Gasteiger partial charge in [-0.15, -0.1) is 0 Å². The highest BCUT2D eigenvalue weighted by molar-refractivity contribution is 7.92. The summed E-state index contributed by atoms with van der Waals surface area (Å²) in [6.45, 7) is 1.19. The molecule has 3 heterocycles. The summed E-state index contributed by atoms with van der Waals surface area (Å²) >= 11 is 0. The predicted octanol–water partition coefficient (Wildman–Crippen LogP) is 3.55. The number of amides is 1. The van der Waals surface area contributed by atoms with Crippen LogP contribution in [0, 0.1) is 10.6 Å². The van der Waals surface area contributed by atoms with Crippen molar-refractivity contribution in [2.24, 2.45) is 0 Å². The Morgan fingerprint density at radius 3 is 2.67 bits per heavy atom. The number of fused-ring (bicyclic) bond motifs is 1. The topological polar surface area (TPSA) is 134 Å². The van der Waals surface area contributed by atoms with Crippen molar-refractivity contribution in [3.63, 3.8) is 0 Å². The summed E-state index contributed by atoms with van der Waals surface area (Å²) in [7, 11) is -1.02. The molecular formula is C24H24FN5O5S. The van der Waals surface area contributed by atoms with Crippen LogP contribution in [0.2, 0.25) is 0 Å². The van der Waals surface area contributed by atoms with Crippen molar-refractivity contribution in [2.75, 3.05) is 44.9 Å². The van der Waals surface area contributed by atoms with Crippen LogP contribution in [-0.4, -0.2) is 75.3 Å². The molecule has 2 N–H and O–H groups in total. The molecule has 2 aromatic heterocycles. The number of halogens is 1. The molecule has 12 heteroatoms. The number of ether oxygens (including phenoxy) is 2. The molecule has 188 valence electrons. The van der Waals surface area contributed by atoms with Gasteiger partial charge in [-0.25, -0.2) is 8.60 Å². The van der Waals surface area contributed by atoms with Crippen LogP contribution in [0.15, 0.2) is 47.0 Å². The van der Waals surface area contributed by atoms with Crippen LogP contribution in [-0.2, 0) is 14.5 Å². The van der Waals surface area contributed by atoms with Gasteiger partial charge < -0.3 is 18.9 Å². The van der Waals surface area contributed by atoms with Gasteiger partial charge in [0.15, 0.2) is 17.3 Å². The third-order valence-corrected chi connectivity index (χ3v) is 7.68. The molecule has 1 aliphatic heterocycles. The molecule has 0 unspecified atom stereocenters. The van der Waals surface area contributed by atoms with Crippen LogP contribution in [0.25, 0.3) is 33.6 Å². The van der Waals surface area contributed by atoms with Gasteiger partial charge in [-0.3, -0.25) is 14.7 Å². The van der Waals surface area contributed by atoms with Crippen LogP contribution in [0.5, 0.6) is 5.75 Å². The number of hydrogen-bond donors (Lipinski definition) is 2. The minimum atomic E-state index is -2.57. The second kappa shape index (κ2) is 9.70. The number of H-pyrrole nitrogens is 1. The van der Waals surface area contributed by atoms with Gasteiger partial charge in [0.25, 0.3) is 5.91 Å². The average molecular weight is 514 g/mol. The third kappa shape index (κ3) is 4.82. The van der Waals surface area contributed by atoms with Crippen molar-refractivity contribution in [1.29, 1.82) is 4.78 Å². The summed E-state index contributed by atoms with van der Waals surface area (Å²) < 4.78 is 49.9. The monoisotopic (exact) mass is 513 g/mol. The summed E-state index contributed by atoms with van der Waals surface area (Å²) in [6.07, 6.45) is 0. The molecule has 0 aliphatic carbocycles. The highest BCUT2D eigenvalue weighted by atomic mass is 32.2. The normalized spacial score (nSPS) is 15.3. The number of methoxy groups -OCH3 is 1. The van der Waals surface area contributed by atoms with Crippen molar-refractivity contribution >= 4 is 26.5 Å². The molecule has 1 aliphatic rings. The van der Waals surface area contributed by atoms with Crippen LogP contribution in [0.4, 0.5) is 4.39 Å². The molecular weight excluding hydrogens is 489 g/mol. The lowest BCUT2D eigenvalue weighted by Crippen LogP contribution is -2.43. The highest BCUT2D eigenvalue weighted by Crippen LogP contribution is 2.33. The number of carbonyl (C=O) groups is 1. The Kier molecular flexibility index (Phi) is 6.46. The maximum Gasteiger partial charge on any atom is 0.253 e. The van der Waals surface area contributed by atoms with Crippen LogP contribution < -0.4 is 4.74 Å². The van der Waals surface area contributed by atoms with Crippen molar-refractivity contribution < 1.29 is 27.4 Å². The van der Waals surface area contributed by atoms with E-state index in [-0.39, 0.29) is 29.8 Å². The second-order valence-corrected chi connectivity index (χ2v) is 10.8. The van der Waals surface area contributed by atoms with Crippen molar-refractivity contribution in [3.05, 3.63) is 53.8 Å². The molecule has 10 nitrogen and oxygen atoms in total. The van der Waals surface area contributed by atoms with E-state index in [4.69, 9.17) is 18.8 Å². The molecule has 0 bridgehead atoms. The first-order valence-electron chi connectivity index (χ1n) is 11.2. The molecule has 1 fully saturated rings. The number of nitrogens with zero attached hydrogens (tertiary/aromatic N) is 3. The van der Waals surface area contributed by atoms with Gasteiger partial charge in [-0.2, -0.15) is 5.10 Å². The molecule has 1 saturated heterocycles. The van der Waals surface area contributed by atoms with E-state index in [1.807, 2.05) is 0 Å². The molecule has 0 saturated carbocycles. The number of nitrogens with one attached hydrogen (secondary N) is 2. The fourth-order valence-electron chi connectivity index (χ4n) is 3.97. The van der Waals surface area contributed by atoms with Gasteiger partial charge in [0.2, 0.25) is 0 Å². The lowest BCUT2D eigenvalue weighted by atomic mass is 10.1. The number of benzene rings is 2. The first-order chi connectivity index (χ1) is 17.3. The zero-order valence-corrected chi connectivity index (χ0v) is 20.3. The third-order valence-electron chi connectivity index (χ3n) is 6.00. The fourth-order valence-corrected chi connectivity index (χ4v) is 5.21. The van der Waals surface area contributed by atoms with E-state index in [1.165, 1.54) is 12.1 Å². The average Bonchev–Trinajstić information content (AvgIpc) is 3.51. The second-order valence-electron chi connectivity index (χ2n) is 8.41. The molecule has 0 radical (unpaired) electrons. The van der Waals surface area contributed by atoms with Crippen LogP contribution >= 0.6 is 0 Å². The SMILES string of the molecule is COCCOc1cc2[nH]nc(-c3cc(-c4ccc(C(=O)N5CCS(=N)(=O)CC5)cc4)no3)c2cc1F. The zero-order chi connectivity index (χ0) is 25.3. The number of carbonyl (C=O) groups excluding carboxylic acids is 1. The number of aromatic nitrogens is 3. The Morgan fingerprint density at radius 2 is 1.94 bits per heavy atom. The van der Waals surface area contributed by atoms with E-state index in [0.29, 0.717) is 53.3 Å². The van der Waals surface area contributed by atoms with Crippen LogP contribution in [0.1, 0.15) is 10.4 Å². The number of hydrogen-bond acceptors (Lipinski definition) is 8. The molecule has 0 atom stereocenters. The van der Waals surface area contributed by atoms with Gasteiger partial charge in [-0.1, -0.05) is 17.3 Å². The Bertz CT molecular complexity index is 1500. The number of aromatic amines is 1. The van der Waals surface area contributed by atoms with Gasteiger partial charge in [0.05, 0.1) is 12.1 Å². The Hall–Kier alpha value is -3.77. The smallest absolute Gasteiger partial charge is 0.253 e. The minimum Gasteiger partial charge on any atom is -0.488 e. The quantitative estimate of drug-likeness (QED) is 0.361. The van der Waals surface area contributed by atoms with Crippen molar-refractivity contribution in [1.82, 2.24) is 20.3 Å². The Labute approximate surface area is 206 Å². The summed E-state index contributed by atoms with van der Waals surface area (Å²) in [6, 6.07) is 11.5. The molecule has 2 aromatic carbocycles. The van der Waals surface area contributed by atoms with E-state index in [0.717, 1.165) is 5.56 Å². The summed E-state index contributed by atoms with van der Waals surface area (Å²) in [5, 5.41) is 11.8. The van der Waals surface area contributed by atoms with E-state index >= 15 is 0 Å². The molecule has 4 aromatic rings. The maximum atomic E-state index is 14.6. The fraction of sp³-hybridized carbons (Fsp3) is 0.292. The first-order valence-corrected chi connectivity index (χ1v) is 13.1. The zero-order valence-electron chi connectivity index (χ0n) is 19.5. The molecule has 0 spiro atoms. The largest absolute Gasteiger partial charge is 0.488 e. The maximum absolute atomic E-state index is 14.6. The summed E-state index contributed by atoms with van der Waals surface area (Å²) in [5.41, 5.74) is 2.76. The van der Waals surface area contributed by atoms with Gasteiger partial charge in [0.1, 0.15) is 18.0 Å². The van der Waals surface area contributed by atoms with Gasteiger partial charge in [-0.05, 0) is 18.2 Å². The van der Waals surface area contributed by atoms with E-state index < -0.39 is 15.5 Å². The van der Waals surface area contributed by atoms with E-state index in [9.17, 15) is 13.4 Å². The lowest BCUT2D eigenvalue weighted by molar-refractivity contribution is 0.0771. The molecule has 36 heavy (non-hydrogen) atoms. The summed E-state index contributed by atoms with van der Waals surface area (Å²) in [5.74, 6) is 0.170. The van der Waals surface area contributed by atoms with Gasteiger partial charge in [0, 0.05) is 70.1 Å².